The maximum absolute atomic E-state index is 11.5. The van der Waals surface area contributed by atoms with E-state index in [4.69, 9.17) is 10.5 Å². The fraction of sp³-hybridized carbons (Fsp3) is 0.235. The van der Waals surface area contributed by atoms with Gasteiger partial charge in [0.05, 0.1) is 24.0 Å². The molecule has 2 aromatic carbocycles. The zero-order valence-corrected chi connectivity index (χ0v) is 12.8. The van der Waals surface area contributed by atoms with Crippen molar-refractivity contribution in [1.29, 1.82) is 0 Å². The molecule has 0 heterocycles. The number of nitrogens with zero attached hydrogens (tertiary/aromatic N) is 1. The van der Waals surface area contributed by atoms with Gasteiger partial charge in [0.2, 0.25) is 0 Å². The summed E-state index contributed by atoms with van der Waals surface area (Å²) in [7, 11) is 3.31. The predicted molar refractivity (Wildman–Crippen MR) is 86.2 cm³/mol. The maximum Gasteiger partial charge on any atom is 0.337 e. The van der Waals surface area contributed by atoms with E-state index in [9.17, 15) is 4.79 Å². The van der Waals surface area contributed by atoms with Gasteiger partial charge in [-0.25, -0.2) is 4.79 Å². The van der Waals surface area contributed by atoms with Gasteiger partial charge in [-0.3, -0.25) is 0 Å². The fourth-order valence-corrected chi connectivity index (χ4v) is 2.39. The topological polar surface area (TPSA) is 55.6 Å². The van der Waals surface area contributed by atoms with Crippen molar-refractivity contribution in [1.82, 2.24) is 0 Å². The summed E-state index contributed by atoms with van der Waals surface area (Å²) in [6.45, 7) is 4.13. The van der Waals surface area contributed by atoms with E-state index in [1.807, 2.05) is 18.0 Å². The van der Waals surface area contributed by atoms with Crippen LogP contribution in [-0.4, -0.2) is 20.1 Å². The first-order valence-corrected chi connectivity index (χ1v) is 6.72. The van der Waals surface area contributed by atoms with E-state index in [1.54, 1.807) is 12.1 Å². The summed E-state index contributed by atoms with van der Waals surface area (Å²) < 4.78 is 4.70. The third-order valence-corrected chi connectivity index (χ3v) is 3.40. The molecule has 0 spiro atoms. The smallest absolute Gasteiger partial charge is 0.337 e. The molecule has 0 aromatic heterocycles. The largest absolute Gasteiger partial charge is 0.465 e. The summed E-state index contributed by atoms with van der Waals surface area (Å²) in [6.07, 6.45) is 0. The van der Waals surface area contributed by atoms with Crippen molar-refractivity contribution in [2.75, 3.05) is 24.8 Å². The Labute approximate surface area is 125 Å². The number of nitrogens with two attached hydrogens (primary N) is 1. The molecule has 2 N–H and O–H groups in total. The van der Waals surface area contributed by atoms with Crippen LogP contribution in [0.15, 0.2) is 36.4 Å². The van der Waals surface area contributed by atoms with Crippen LogP contribution in [-0.2, 0) is 4.74 Å². The van der Waals surface area contributed by atoms with E-state index in [1.165, 1.54) is 18.2 Å². The van der Waals surface area contributed by atoms with Crippen molar-refractivity contribution >= 4 is 23.0 Å². The molecule has 2 rings (SSSR count). The van der Waals surface area contributed by atoms with E-state index in [-0.39, 0.29) is 5.97 Å². The highest BCUT2D eigenvalue weighted by atomic mass is 16.5. The average Bonchev–Trinajstić information content (AvgIpc) is 2.44. The molecular weight excluding hydrogens is 264 g/mol. The number of hydrogen-bond acceptors (Lipinski definition) is 4. The number of benzene rings is 2. The molecule has 0 saturated heterocycles. The zero-order valence-electron chi connectivity index (χ0n) is 12.8. The van der Waals surface area contributed by atoms with E-state index >= 15 is 0 Å². The van der Waals surface area contributed by atoms with Crippen LogP contribution in [0.25, 0.3) is 0 Å². The summed E-state index contributed by atoms with van der Waals surface area (Å²) in [6, 6.07) is 11.5. The van der Waals surface area contributed by atoms with Gasteiger partial charge in [-0.2, -0.15) is 0 Å². The highest BCUT2D eigenvalue weighted by molar-refractivity contribution is 5.92. The van der Waals surface area contributed by atoms with Gasteiger partial charge in [-0.15, -0.1) is 0 Å². The Morgan fingerprint density at radius 1 is 1.10 bits per heavy atom. The molecule has 0 aliphatic rings. The molecule has 0 amide bonds. The van der Waals surface area contributed by atoms with Gasteiger partial charge < -0.3 is 15.4 Å². The molecule has 0 unspecified atom stereocenters. The van der Waals surface area contributed by atoms with Crippen LogP contribution >= 0.6 is 0 Å². The monoisotopic (exact) mass is 284 g/mol. The SMILES string of the molecule is COC(=O)c1ccc(N(C)c2cc(C)cc(C)c2)c(N)c1. The lowest BCUT2D eigenvalue weighted by atomic mass is 10.1. The molecule has 110 valence electrons. The molecule has 0 aliphatic carbocycles. The Morgan fingerprint density at radius 3 is 2.24 bits per heavy atom. The molecule has 0 atom stereocenters. The van der Waals surface area contributed by atoms with Gasteiger partial charge in [-0.1, -0.05) is 6.07 Å². The summed E-state index contributed by atoms with van der Waals surface area (Å²) in [4.78, 5) is 13.5. The number of nitrogen functional groups attached to an aromatic ring is 1. The second-order valence-corrected chi connectivity index (χ2v) is 5.17. The Morgan fingerprint density at radius 2 is 1.71 bits per heavy atom. The lowest BCUT2D eigenvalue weighted by molar-refractivity contribution is 0.0601. The van der Waals surface area contributed by atoms with Gasteiger partial charge in [-0.05, 0) is 55.3 Å². The minimum Gasteiger partial charge on any atom is -0.465 e. The first kappa shape index (κ1) is 14.9. The van der Waals surface area contributed by atoms with Gasteiger partial charge in [0.15, 0.2) is 0 Å². The summed E-state index contributed by atoms with van der Waals surface area (Å²) in [5.41, 5.74) is 11.4. The van der Waals surface area contributed by atoms with Crippen LogP contribution in [0.3, 0.4) is 0 Å². The van der Waals surface area contributed by atoms with Crippen LogP contribution in [0.1, 0.15) is 21.5 Å². The minimum atomic E-state index is -0.387. The third-order valence-electron chi connectivity index (χ3n) is 3.40. The number of rotatable bonds is 3. The van der Waals surface area contributed by atoms with Crippen molar-refractivity contribution in [2.24, 2.45) is 0 Å². The number of ether oxygens (including phenoxy) is 1. The quantitative estimate of drug-likeness (QED) is 0.693. The summed E-state index contributed by atoms with van der Waals surface area (Å²) in [5, 5.41) is 0. The lowest BCUT2D eigenvalue weighted by Crippen LogP contribution is -2.13. The third kappa shape index (κ3) is 3.16. The zero-order chi connectivity index (χ0) is 15.6. The first-order valence-electron chi connectivity index (χ1n) is 6.72. The Bertz CT molecular complexity index is 660. The Hall–Kier alpha value is -2.49. The van der Waals surface area contributed by atoms with E-state index in [0.29, 0.717) is 11.3 Å². The van der Waals surface area contributed by atoms with Gasteiger partial charge in [0.25, 0.3) is 0 Å². The van der Waals surface area contributed by atoms with Gasteiger partial charge >= 0.3 is 5.97 Å². The molecule has 0 bridgehead atoms. The molecule has 0 saturated carbocycles. The van der Waals surface area contributed by atoms with E-state index < -0.39 is 0 Å². The van der Waals surface area contributed by atoms with Gasteiger partial charge in [0, 0.05) is 12.7 Å². The molecule has 21 heavy (non-hydrogen) atoms. The van der Waals surface area contributed by atoms with Crippen molar-refractivity contribution in [3.05, 3.63) is 53.1 Å². The fourth-order valence-electron chi connectivity index (χ4n) is 2.39. The van der Waals surface area contributed by atoms with Crippen molar-refractivity contribution in [3.8, 4) is 0 Å². The molecule has 0 aliphatic heterocycles. The predicted octanol–water partition coefficient (Wildman–Crippen LogP) is 3.44. The van der Waals surface area contributed by atoms with E-state index in [2.05, 4.69) is 32.0 Å². The first-order chi connectivity index (χ1) is 9.92. The second-order valence-electron chi connectivity index (χ2n) is 5.17. The van der Waals surface area contributed by atoms with Crippen LogP contribution in [0, 0.1) is 13.8 Å². The minimum absolute atomic E-state index is 0.387. The van der Waals surface area contributed by atoms with Crippen molar-refractivity contribution in [2.45, 2.75) is 13.8 Å². The normalized spacial score (nSPS) is 10.3. The van der Waals surface area contributed by atoms with Crippen LogP contribution < -0.4 is 10.6 Å². The highest BCUT2D eigenvalue weighted by Crippen LogP contribution is 2.30. The average molecular weight is 284 g/mol. The molecule has 2 aromatic rings. The second kappa shape index (κ2) is 5.87. The molecule has 0 radical (unpaired) electrons. The van der Waals surface area contributed by atoms with Crippen LogP contribution in [0.2, 0.25) is 0 Å². The molecule has 4 nitrogen and oxygen atoms in total. The summed E-state index contributed by atoms with van der Waals surface area (Å²) >= 11 is 0. The lowest BCUT2D eigenvalue weighted by Gasteiger charge is -2.22. The van der Waals surface area contributed by atoms with Crippen LogP contribution in [0.4, 0.5) is 17.1 Å². The number of aryl methyl sites for hydroxylation is 2. The molecule has 0 fully saturated rings. The number of esters is 1. The Kier molecular flexibility index (Phi) is 4.17. The molecule has 4 heteroatoms. The Balaban J connectivity index is 2.39. The molecular formula is C17H20N2O2. The number of carbonyl (C=O) groups excluding carboxylic acids is 1. The summed E-state index contributed by atoms with van der Waals surface area (Å²) in [5.74, 6) is -0.387. The van der Waals surface area contributed by atoms with Crippen molar-refractivity contribution < 1.29 is 9.53 Å². The number of anilines is 3. The number of hydrogen-bond donors (Lipinski definition) is 1. The highest BCUT2D eigenvalue weighted by Gasteiger charge is 2.12. The maximum atomic E-state index is 11.5. The van der Waals surface area contributed by atoms with Crippen LogP contribution in [0.5, 0.6) is 0 Å². The van der Waals surface area contributed by atoms with E-state index in [0.717, 1.165) is 11.4 Å². The van der Waals surface area contributed by atoms with Gasteiger partial charge in [0.1, 0.15) is 0 Å². The standard InChI is InChI=1S/C17H20N2O2/c1-11-7-12(2)9-14(8-11)19(3)16-6-5-13(10-15(16)18)17(20)21-4/h5-10H,18H2,1-4H3. The number of methoxy groups -OCH3 is 1. The van der Waals surface area contributed by atoms with Crippen molar-refractivity contribution in [3.63, 3.8) is 0 Å². The number of carbonyl (C=O) groups is 1.